The number of halogens is 1. The van der Waals surface area contributed by atoms with Gasteiger partial charge in [-0.05, 0) is 49.1 Å². The lowest BCUT2D eigenvalue weighted by Crippen LogP contribution is -2.43. The average molecular weight is 417 g/mol. The first-order valence-corrected chi connectivity index (χ1v) is 9.38. The number of hydrogen-bond acceptors (Lipinski definition) is 3. The number of benzene rings is 2. The monoisotopic (exact) mass is 416 g/mol. The highest BCUT2D eigenvalue weighted by Crippen LogP contribution is 2.23. The maximum atomic E-state index is 12.6. The second-order valence-corrected chi connectivity index (χ2v) is 7.20. The molecule has 1 unspecified atom stereocenters. The van der Waals surface area contributed by atoms with Crippen molar-refractivity contribution in [2.24, 2.45) is 0 Å². The van der Waals surface area contributed by atoms with Crippen molar-refractivity contribution in [1.82, 2.24) is 4.90 Å². The normalized spacial score (nSPS) is 16.4. The van der Waals surface area contributed by atoms with Gasteiger partial charge in [0, 0.05) is 16.7 Å². The first-order valence-electron chi connectivity index (χ1n) is 8.59. The molecule has 1 fully saturated rings. The zero-order valence-electron chi connectivity index (χ0n) is 14.6. The van der Waals surface area contributed by atoms with Crippen molar-refractivity contribution in [2.45, 2.75) is 32.4 Å². The van der Waals surface area contributed by atoms with Gasteiger partial charge in [0.05, 0.1) is 0 Å². The topological polar surface area (TPSA) is 58.6 Å². The van der Waals surface area contributed by atoms with Crippen LogP contribution in [0.2, 0.25) is 0 Å². The molecule has 0 aliphatic carbocycles. The van der Waals surface area contributed by atoms with Crippen molar-refractivity contribution < 1.29 is 14.3 Å². The summed E-state index contributed by atoms with van der Waals surface area (Å²) in [6.07, 6.45) is 0.984. The largest absolute Gasteiger partial charge is 0.445 e. The summed E-state index contributed by atoms with van der Waals surface area (Å²) in [4.78, 5) is 26.5. The van der Waals surface area contributed by atoms with E-state index in [9.17, 15) is 9.59 Å². The molecule has 0 aromatic heterocycles. The zero-order valence-corrected chi connectivity index (χ0v) is 16.2. The molecule has 2 aromatic carbocycles. The van der Waals surface area contributed by atoms with Crippen LogP contribution in [0.5, 0.6) is 0 Å². The van der Waals surface area contributed by atoms with Crippen LogP contribution in [0.3, 0.4) is 0 Å². The van der Waals surface area contributed by atoms with E-state index < -0.39 is 12.1 Å². The fourth-order valence-corrected chi connectivity index (χ4v) is 3.25. The average Bonchev–Trinajstić information content (AvgIpc) is 3.14. The van der Waals surface area contributed by atoms with E-state index in [-0.39, 0.29) is 12.5 Å². The van der Waals surface area contributed by atoms with Gasteiger partial charge in [-0.15, -0.1) is 0 Å². The van der Waals surface area contributed by atoms with Crippen LogP contribution >= 0.6 is 15.9 Å². The van der Waals surface area contributed by atoms with Crippen LogP contribution in [0.15, 0.2) is 53.0 Å². The van der Waals surface area contributed by atoms with E-state index in [1.807, 2.05) is 55.5 Å². The van der Waals surface area contributed by atoms with E-state index in [1.165, 1.54) is 4.90 Å². The summed E-state index contributed by atoms with van der Waals surface area (Å²) in [6.45, 7) is 2.70. The third-order valence-corrected chi connectivity index (χ3v) is 5.31. The van der Waals surface area contributed by atoms with Crippen molar-refractivity contribution in [3.8, 4) is 0 Å². The van der Waals surface area contributed by atoms with E-state index >= 15 is 0 Å². The molecule has 1 aliphatic rings. The number of likely N-dealkylation sites (tertiary alicyclic amines) is 1. The van der Waals surface area contributed by atoms with Gasteiger partial charge in [0.25, 0.3) is 0 Å². The number of carbonyl (C=O) groups excluding carboxylic acids is 2. The Labute approximate surface area is 161 Å². The predicted molar refractivity (Wildman–Crippen MR) is 104 cm³/mol. The number of ether oxygens (including phenoxy) is 1. The lowest BCUT2D eigenvalue weighted by molar-refractivity contribution is -0.120. The van der Waals surface area contributed by atoms with Crippen molar-refractivity contribution in [3.05, 3.63) is 64.1 Å². The number of nitrogens with one attached hydrogen (secondary N) is 1. The summed E-state index contributed by atoms with van der Waals surface area (Å²) in [6, 6.07) is 14.6. The molecular weight excluding hydrogens is 396 g/mol. The maximum Gasteiger partial charge on any atom is 0.410 e. The highest BCUT2D eigenvalue weighted by molar-refractivity contribution is 9.10. The number of anilines is 1. The Morgan fingerprint density at radius 1 is 1.23 bits per heavy atom. The van der Waals surface area contributed by atoms with E-state index in [2.05, 4.69) is 21.2 Å². The second kappa shape index (κ2) is 8.36. The van der Waals surface area contributed by atoms with Crippen LogP contribution in [0.4, 0.5) is 10.5 Å². The highest BCUT2D eigenvalue weighted by Gasteiger charge is 2.35. The Morgan fingerprint density at radius 2 is 2.00 bits per heavy atom. The Morgan fingerprint density at radius 3 is 2.73 bits per heavy atom. The molecule has 1 heterocycles. The van der Waals surface area contributed by atoms with Crippen LogP contribution in [0.25, 0.3) is 0 Å². The Bertz CT molecular complexity index is 795. The number of nitrogens with zero attached hydrogens (tertiary/aromatic N) is 1. The van der Waals surface area contributed by atoms with Crippen molar-refractivity contribution in [1.29, 1.82) is 0 Å². The SMILES string of the molecule is Cc1cc(NC(=O)C2CCCN2C(=O)OCc2ccccc2)ccc1Br. The summed E-state index contributed by atoms with van der Waals surface area (Å²) in [5.74, 6) is -0.180. The minimum atomic E-state index is -0.498. The van der Waals surface area contributed by atoms with Gasteiger partial charge >= 0.3 is 6.09 Å². The lowest BCUT2D eigenvalue weighted by Gasteiger charge is -2.23. The number of hydrogen-bond donors (Lipinski definition) is 1. The predicted octanol–water partition coefficient (Wildman–Crippen LogP) is 4.50. The molecular formula is C20H21BrN2O3. The molecule has 1 N–H and O–H groups in total. The molecule has 3 rings (SSSR count). The molecule has 6 heteroatoms. The fraction of sp³-hybridized carbons (Fsp3) is 0.300. The summed E-state index contributed by atoms with van der Waals surface area (Å²) < 4.78 is 6.37. The smallest absolute Gasteiger partial charge is 0.410 e. The van der Waals surface area contributed by atoms with Gasteiger partial charge < -0.3 is 10.1 Å². The molecule has 0 spiro atoms. The van der Waals surface area contributed by atoms with Gasteiger partial charge in [-0.2, -0.15) is 0 Å². The summed E-state index contributed by atoms with van der Waals surface area (Å²) in [5, 5.41) is 2.90. The molecule has 0 bridgehead atoms. The highest BCUT2D eigenvalue weighted by atomic mass is 79.9. The van der Waals surface area contributed by atoms with Crippen molar-refractivity contribution in [3.63, 3.8) is 0 Å². The molecule has 0 radical (unpaired) electrons. The lowest BCUT2D eigenvalue weighted by atomic mass is 10.2. The minimum Gasteiger partial charge on any atom is -0.445 e. The first kappa shape index (κ1) is 18.5. The van der Waals surface area contributed by atoms with Crippen LogP contribution in [0.1, 0.15) is 24.0 Å². The van der Waals surface area contributed by atoms with Crippen LogP contribution < -0.4 is 5.32 Å². The summed E-state index contributed by atoms with van der Waals surface area (Å²) in [7, 11) is 0. The third-order valence-electron chi connectivity index (χ3n) is 4.42. The Hall–Kier alpha value is -2.34. The summed E-state index contributed by atoms with van der Waals surface area (Å²) >= 11 is 3.44. The first-order chi connectivity index (χ1) is 12.5. The number of rotatable bonds is 4. The molecule has 5 nitrogen and oxygen atoms in total. The van der Waals surface area contributed by atoms with Crippen LogP contribution in [0, 0.1) is 6.92 Å². The molecule has 1 atom stereocenters. The number of aryl methyl sites for hydroxylation is 1. The van der Waals surface area contributed by atoms with Crippen LogP contribution in [-0.4, -0.2) is 29.5 Å². The van der Waals surface area contributed by atoms with Crippen LogP contribution in [-0.2, 0) is 16.1 Å². The van der Waals surface area contributed by atoms with Crippen molar-refractivity contribution >= 4 is 33.6 Å². The van der Waals surface area contributed by atoms with Gasteiger partial charge in [-0.25, -0.2) is 4.79 Å². The standard InChI is InChI=1S/C20H21BrN2O3/c1-14-12-16(9-10-17(14)21)22-19(24)18-8-5-11-23(18)20(25)26-13-15-6-3-2-4-7-15/h2-4,6-7,9-10,12,18H,5,8,11,13H2,1H3,(H,22,24). The molecule has 2 aromatic rings. The molecule has 2 amide bonds. The number of carbonyl (C=O) groups is 2. The molecule has 1 aliphatic heterocycles. The Kier molecular flexibility index (Phi) is 5.93. The molecule has 136 valence electrons. The van der Waals surface area contributed by atoms with E-state index in [1.54, 1.807) is 0 Å². The van der Waals surface area contributed by atoms with E-state index in [0.717, 1.165) is 27.7 Å². The van der Waals surface area contributed by atoms with Gasteiger partial charge in [0.1, 0.15) is 12.6 Å². The fourth-order valence-electron chi connectivity index (χ4n) is 3.01. The summed E-state index contributed by atoms with van der Waals surface area (Å²) in [5.41, 5.74) is 2.68. The Balaban J connectivity index is 1.60. The van der Waals surface area contributed by atoms with Crippen molar-refractivity contribution in [2.75, 3.05) is 11.9 Å². The maximum absolute atomic E-state index is 12.6. The molecule has 1 saturated heterocycles. The van der Waals surface area contributed by atoms with Gasteiger partial charge in [-0.3, -0.25) is 9.69 Å². The molecule has 26 heavy (non-hydrogen) atoms. The minimum absolute atomic E-state index is 0.180. The number of amides is 2. The third kappa shape index (κ3) is 4.43. The quantitative estimate of drug-likeness (QED) is 0.797. The van der Waals surface area contributed by atoms with Gasteiger partial charge in [0.2, 0.25) is 5.91 Å². The van der Waals surface area contributed by atoms with E-state index in [0.29, 0.717) is 13.0 Å². The zero-order chi connectivity index (χ0) is 18.5. The van der Waals surface area contributed by atoms with Gasteiger partial charge in [-0.1, -0.05) is 46.3 Å². The molecule has 0 saturated carbocycles. The second-order valence-electron chi connectivity index (χ2n) is 6.34. The van der Waals surface area contributed by atoms with Gasteiger partial charge in [0.15, 0.2) is 0 Å². The van der Waals surface area contributed by atoms with E-state index in [4.69, 9.17) is 4.74 Å².